The van der Waals surface area contributed by atoms with Crippen molar-refractivity contribution in [1.82, 2.24) is 14.6 Å². The summed E-state index contributed by atoms with van der Waals surface area (Å²) >= 11 is 0. The van der Waals surface area contributed by atoms with E-state index >= 15 is 0 Å². The largest absolute Gasteiger partial charge is 0.233 e. The summed E-state index contributed by atoms with van der Waals surface area (Å²) in [7, 11) is 0. The Labute approximate surface area is 81.6 Å². The first-order valence-corrected chi connectivity index (χ1v) is 4.49. The highest BCUT2D eigenvalue weighted by Gasteiger charge is 2.18. The maximum absolute atomic E-state index is 13.5. The van der Waals surface area contributed by atoms with Crippen molar-refractivity contribution in [1.29, 1.82) is 0 Å². The number of fused-ring (bicyclic) bond motifs is 1. The maximum atomic E-state index is 13.5. The molecule has 0 bridgehead atoms. The van der Waals surface area contributed by atoms with Crippen LogP contribution in [-0.4, -0.2) is 14.6 Å². The van der Waals surface area contributed by atoms with Crippen molar-refractivity contribution in [2.75, 3.05) is 0 Å². The third-order valence-electron chi connectivity index (χ3n) is 2.08. The van der Waals surface area contributed by atoms with Crippen molar-refractivity contribution in [3.63, 3.8) is 0 Å². The quantitative estimate of drug-likeness (QED) is 0.641. The van der Waals surface area contributed by atoms with Gasteiger partial charge in [-0.15, -0.1) is 0 Å². The van der Waals surface area contributed by atoms with E-state index in [9.17, 15) is 4.39 Å². The third-order valence-corrected chi connectivity index (χ3v) is 2.08. The second-order valence-corrected chi connectivity index (χ2v) is 4.32. The van der Waals surface area contributed by atoms with Crippen LogP contribution in [0.5, 0.6) is 0 Å². The van der Waals surface area contributed by atoms with Crippen LogP contribution in [0.15, 0.2) is 18.5 Å². The van der Waals surface area contributed by atoms with Crippen molar-refractivity contribution in [2.24, 2.45) is 0 Å². The molecule has 0 aliphatic heterocycles. The van der Waals surface area contributed by atoms with Crippen LogP contribution in [0.25, 0.3) is 5.65 Å². The Morgan fingerprint density at radius 1 is 1.36 bits per heavy atom. The summed E-state index contributed by atoms with van der Waals surface area (Å²) in [4.78, 5) is 3.87. The minimum Gasteiger partial charge on any atom is -0.233 e. The van der Waals surface area contributed by atoms with Gasteiger partial charge >= 0.3 is 0 Å². The molecule has 14 heavy (non-hydrogen) atoms. The van der Waals surface area contributed by atoms with E-state index in [1.165, 1.54) is 16.8 Å². The van der Waals surface area contributed by atoms with E-state index in [0.717, 1.165) is 5.69 Å². The lowest BCUT2D eigenvalue weighted by molar-refractivity contribution is 0.535. The zero-order chi connectivity index (χ0) is 10.3. The summed E-state index contributed by atoms with van der Waals surface area (Å²) in [6, 6.07) is 1.45. The normalized spacial score (nSPS) is 12.3. The second-order valence-electron chi connectivity index (χ2n) is 4.32. The number of aromatic nitrogens is 3. The molecule has 4 heteroatoms. The van der Waals surface area contributed by atoms with E-state index in [-0.39, 0.29) is 16.9 Å². The molecule has 74 valence electrons. The molecule has 0 atom stereocenters. The number of hydrogen-bond donors (Lipinski definition) is 0. The first-order chi connectivity index (χ1) is 6.48. The van der Waals surface area contributed by atoms with Crippen molar-refractivity contribution in [3.05, 3.63) is 30.0 Å². The van der Waals surface area contributed by atoms with E-state index in [1.54, 1.807) is 6.20 Å². The number of halogens is 1. The number of hydrogen-bond acceptors (Lipinski definition) is 2. The zero-order valence-corrected chi connectivity index (χ0v) is 8.45. The van der Waals surface area contributed by atoms with E-state index in [1.807, 2.05) is 20.8 Å². The van der Waals surface area contributed by atoms with Gasteiger partial charge in [-0.1, -0.05) is 20.8 Å². The highest BCUT2D eigenvalue weighted by molar-refractivity contribution is 5.39. The predicted octanol–water partition coefficient (Wildman–Crippen LogP) is 2.17. The molecular formula is C10H12FN3. The van der Waals surface area contributed by atoms with Crippen LogP contribution in [0.2, 0.25) is 0 Å². The molecule has 2 heterocycles. The van der Waals surface area contributed by atoms with Crippen LogP contribution in [-0.2, 0) is 5.41 Å². The minimum absolute atomic E-state index is 0.153. The van der Waals surface area contributed by atoms with E-state index in [2.05, 4.69) is 10.1 Å². The molecule has 0 aliphatic carbocycles. The van der Waals surface area contributed by atoms with Gasteiger partial charge in [0.2, 0.25) is 0 Å². The Morgan fingerprint density at radius 2 is 2.07 bits per heavy atom. The summed E-state index contributed by atoms with van der Waals surface area (Å²) in [5, 5.41) is 4.28. The fourth-order valence-electron chi connectivity index (χ4n) is 1.24. The van der Waals surface area contributed by atoms with Gasteiger partial charge < -0.3 is 0 Å². The summed E-state index contributed by atoms with van der Waals surface area (Å²) in [5.74, 6) is -0.324. The summed E-state index contributed by atoms with van der Waals surface area (Å²) in [6.07, 6.45) is 3.19. The Kier molecular flexibility index (Phi) is 1.80. The fraction of sp³-hybridized carbons (Fsp3) is 0.400. The van der Waals surface area contributed by atoms with Crippen LogP contribution in [0.1, 0.15) is 26.5 Å². The lowest BCUT2D eigenvalue weighted by Gasteiger charge is -2.17. The SMILES string of the molecule is CC(C)(C)c1cc(F)c2nccn2n1. The van der Waals surface area contributed by atoms with E-state index < -0.39 is 0 Å². The van der Waals surface area contributed by atoms with Gasteiger partial charge in [0.15, 0.2) is 11.5 Å². The van der Waals surface area contributed by atoms with Gasteiger partial charge in [0.05, 0.1) is 5.69 Å². The molecule has 0 radical (unpaired) electrons. The Bertz CT molecular complexity index is 468. The standard InChI is InChI=1S/C10H12FN3/c1-10(2,3)8-6-7(11)9-12-4-5-14(9)13-8/h4-6H,1-3H3. The van der Waals surface area contributed by atoms with E-state index in [0.29, 0.717) is 0 Å². The van der Waals surface area contributed by atoms with Crippen molar-refractivity contribution >= 4 is 5.65 Å². The maximum Gasteiger partial charge on any atom is 0.189 e. The van der Waals surface area contributed by atoms with Crippen molar-refractivity contribution in [2.45, 2.75) is 26.2 Å². The predicted molar refractivity (Wildman–Crippen MR) is 51.6 cm³/mol. The van der Waals surface area contributed by atoms with Crippen LogP contribution >= 0.6 is 0 Å². The van der Waals surface area contributed by atoms with Gasteiger partial charge in [-0.05, 0) is 0 Å². The zero-order valence-electron chi connectivity index (χ0n) is 8.45. The number of nitrogens with zero attached hydrogens (tertiary/aromatic N) is 3. The Balaban J connectivity index is 2.70. The minimum atomic E-state index is -0.324. The van der Waals surface area contributed by atoms with Crippen LogP contribution < -0.4 is 0 Å². The first-order valence-electron chi connectivity index (χ1n) is 4.49. The molecule has 0 aliphatic rings. The van der Waals surface area contributed by atoms with Crippen molar-refractivity contribution in [3.8, 4) is 0 Å². The van der Waals surface area contributed by atoms with Gasteiger partial charge in [-0.3, -0.25) is 0 Å². The number of rotatable bonds is 0. The Morgan fingerprint density at radius 3 is 2.71 bits per heavy atom. The fourth-order valence-corrected chi connectivity index (χ4v) is 1.24. The molecule has 2 aromatic rings. The Hall–Kier alpha value is -1.45. The van der Waals surface area contributed by atoms with Gasteiger partial charge in [0.25, 0.3) is 0 Å². The lowest BCUT2D eigenvalue weighted by Crippen LogP contribution is -2.16. The van der Waals surface area contributed by atoms with Gasteiger partial charge in [0.1, 0.15) is 0 Å². The molecule has 0 amide bonds. The molecule has 3 nitrogen and oxygen atoms in total. The molecular weight excluding hydrogens is 181 g/mol. The van der Waals surface area contributed by atoms with Crippen LogP contribution in [0.4, 0.5) is 4.39 Å². The molecule has 2 rings (SSSR count). The third kappa shape index (κ3) is 1.36. The smallest absolute Gasteiger partial charge is 0.189 e. The van der Waals surface area contributed by atoms with E-state index in [4.69, 9.17) is 0 Å². The summed E-state index contributed by atoms with van der Waals surface area (Å²) in [5.41, 5.74) is 0.845. The average molecular weight is 193 g/mol. The monoisotopic (exact) mass is 193 g/mol. The first kappa shape index (κ1) is 9.12. The molecule has 0 unspecified atom stereocenters. The van der Waals surface area contributed by atoms with Gasteiger partial charge in [-0.25, -0.2) is 13.9 Å². The van der Waals surface area contributed by atoms with Crippen LogP contribution in [0, 0.1) is 5.82 Å². The topological polar surface area (TPSA) is 30.2 Å². The molecule has 0 saturated heterocycles. The number of imidazole rings is 1. The molecule has 0 fully saturated rings. The van der Waals surface area contributed by atoms with Gasteiger partial charge in [0, 0.05) is 23.9 Å². The highest BCUT2D eigenvalue weighted by Crippen LogP contribution is 2.21. The van der Waals surface area contributed by atoms with Gasteiger partial charge in [-0.2, -0.15) is 5.10 Å². The molecule has 0 N–H and O–H groups in total. The molecule has 2 aromatic heterocycles. The van der Waals surface area contributed by atoms with Crippen molar-refractivity contribution < 1.29 is 4.39 Å². The highest BCUT2D eigenvalue weighted by atomic mass is 19.1. The van der Waals surface area contributed by atoms with Crippen LogP contribution in [0.3, 0.4) is 0 Å². The second kappa shape index (κ2) is 2.77. The lowest BCUT2D eigenvalue weighted by atomic mass is 9.92. The molecule has 0 saturated carbocycles. The molecule has 0 aromatic carbocycles. The summed E-state index contributed by atoms with van der Waals surface area (Å²) in [6.45, 7) is 5.99. The average Bonchev–Trinajstić information content (AvgIpc) is 2.50. The summed E-state index contributed by atoms with van der Waals surface area (Å²) < 4.78 is 15.0. The molecule has 0 spiro atoms.